The molecule has 2 radical (unpaired) electrons. The molecule has 0 saturated heterocycles. The Hall–Kier alpha value is -0.571. The topological polar surface area (TPSA) is 17.1 Å². The van der Waals surface area contributed by atoms with E-state index in [2.05, 4.69) is 9.88 Å². The molecule has 1 fully saturated rings. The van der Waals surface area contributed by atoms with Gasteiger partial charge in [-0.1, -0.05) is 30.3 Å². The Labute approximate surface area is 108 Å². The van der Waals surface area contributed by atoms with Crippen LogP contribution in [-0.2, 0) is 4.79 Å². The van der Waals surface area contributed by atoms with Crippen molar-refractivity contribution in [2.75, 3.05) is 0 Å². The van der Waals surface area contributed by atoms with Crippen LogP contribution in [0, 0.1) is 0 Å². The maximum atomic E-state index is 11.3. The second kappa shape index (κ2) is 7.66. The molecule has 16 heavy (non-hydrogen) atoms. The monoisotopic (exact) mass is 322 g/mol. The van der Waals surface area contributed by atoms with Crippen molar-refractivity contribution >= 4 is 33.0 Å². The average molecular weight is 321 g/mol. The number of allylic oxidation sites excluding steroid dienone is 1. The van der Waals surface area contributed by atoms with Gasteiger partial charge in [-0.2, -0.15) is 0 Å². The molecule has 0 aromatic heterocycles. The van der Waals surface area contributed by atoms with Crippen LogP contribution in [0.4, 0.5) is 0 Å². The normalized spacial score (nSPS) is 17.1. The first-order valence-corrected chi connectivity index (χ1v) is 11.4. The number of benzene rings is 1. The fourth-order valence-corrected chi connectivity index (χ4v) is 1.64. The average Bonchev–Trinajstić information content (AvgIpc) is 2.67. The van der Waals surface area contributed by atoms with Crippen molar-refractivity contribution in [2.24, 2.45) is 0 Å². The molecule has 0 bridgehead atoms. The van der Waals surface area contributed by atoms with Crippen molar-refractivity contribution in [3.05, 3.63) is 41.5 Å². The van der Waals surface area contributed by atoms with Crippen molar-refractivity contribution in [1.29, 1.82) is 0 Å². The van der Waals surface area contributed by atoms with Gasteiger partial charge in [-0.25, -0.2) is 0 Å². The maximum absolute atomic E-state index is 11.3. The van der Waals surface area contributed by atoms with Crippen LogP contribution in [0.2, 0.25) is 9.88 Å². The Kier molecular flexibility index (Phi) is 6.46. The molecule has 1 aromatic carbocycles. The van der Waals surface area contributed by atoms with E-state index in [0.717, 1.165) is 30.4 Å². The van der Waals surface area contributed by atoms with Gasteiger partial charge in [0, 0.05) is 6.42 Å². The van der Waals surface area contributed by atoms with Crippen molar-refractivity contribution < 1.29 is 4.79 Å². The van der Waals surface area contributed by atoms with Crippen LogP contribution in [0.1, 0.15) is 24.8 Å². The van der Waals surface area contributed by atoms with Gasteiger partial charge in [0.05, 0.1) is 0 Å². The molecule has 0 heterocycles. The van der Waals surface area contributed by atoms with Gasteiger partial charge in [0.2, 0.25) is 0 Å². The van der Waals surface area contributed by atoms with Crippen LogP contribution in [0.15, 0.2) is 35.9 Å². The summed E-state index contributed by atoms with van der Waals surface area (Å²) in [5.41, 5.74) is 2.12. The molecular formula is C14H18OSn. The molecule has 1 aliphatic rings. The van der Waals surface area contributed by atoms with Crippen molar-refractivity contribution in [2.45, 2.75) is 29.1 Å². The molecule has 1 nitrogen and oxygen atoms in total. The Morgan fingerprint density at radius 1 is 1.12 bits per heavy atom. The summed E-state index contributed by atoms with van der Waals surface area (Å²) in [6.45, 7) is 0. The molecular weight excluding hydrogens is 303 g/mol. The van der Waals surface area contributed by atoms with Gasteiger partial charge in [-0.05, 0) is 30.1 Å². The summed E-state index contributed by atoms with van der Waals surface area (Å²) in [5.74, 6) is 0.323. The van der Waals surface area contributed by atoms with Crippen LogP contribution in [-0.4, -0.2) is 26.9 Å². The summed E-state index contributed by atoms with van der Waals surface area (Å²) in [6.07, 6.45) is 4.72. The zero-order chi connectivity index (χ0) is 11.8. The molecule has 2 rings (SSSR count). The third-order valence-corrected chi connectivity index (χ3v) is 2.35. The van der Waals surface area contributed by atoms with Gasteiger partial charge in [-0.15, -0.1) is 0 Å². The third kappa shape index (κ3) is 4.52. The van der Waals surface area contributed by atoms with E-state index in [1.165, 1.54) is 0 Å². The molecule has 1 aliphatic carbocycles. The Morgan fingerprint density at radius 2 is 1.75 bits per heavy atom. The fourth-order valence-electron chi connectivity index (χ4n) is 1.64. The summed E-state index contributed by atoms with van der Waals surface area (Å²) in [4.78, 5) is 15.9. The quantitative estimate of drug-likeness (QED) is 0.570. The SMILES string of the molecule is O=C1CCCC1=Cc1ccccc1.[CH3][Sn][CH3]. The molecule has 0 spiro atoms. The number of carbonyl (C=O) groups excluding carboxylic acids is 1. The summed E-state index contributed by atoms with van der Waals surface area (Å²) in [6, 6.07) is 10.0. The number of hydrogen-bond acceptors (Lipinski definition) is 1. The van der Waals surface area contributed by atoms with E-state index in [9.17, 15) is 4.79 Å². The van der Waals surface area contributed by atoms with E-state index in [1.807, 2.05) is 36.4 Å². The van der Waals surface area contributed by atoms with Crippen LogP contribution in [0.3, 0.4) is 0 Å². The standard InChI is InChI=1S/C12H12O.2CH3.Sn/c13-12-8-4-7-11(12)9-10-5-2-1-3-6-10;;;/h1-3,5-6,9H,4,7-8H2;2*1H3;. The minimum absolute atomic E-state index is 0.230. The van der Waals surface area contributed by atoms with E-state index >= 15 is 0 Å². The van der Waals surface area contributed by atoms with Crippen molar-refractivity contribution in [3.8, 4) is 0 Å². The zero-order valence-corrected chi connectivity index (χ0v) is 12.8. The van der Waals surface area contributed by atoms with E-state index in [4.69, 9.17) is 0 Å². The van der Waals surface area contributed by atoms with Gasteiger partial charge in [0.15, 0.2) is 5.78 Å². The first-order valence-electron chi connectivity index (χ1n) is 5.65. The summed E-state index contributed by atoms with van der Waals surface area (Å²) < 4.78 is 0. The van der Waals surface area contributed by atoms with Crippen molar-refractivity contribution in [1.82, 2.24) is 0 Å². The Balaban J connectivity index is 0.000000386. The number of ketones is 1. The number of carbonyl (C=O) groups is 1. The van der Waals surface area contributed by atoms with Crippen LogP contribution < -0.4 is 0 Å². The molecule has 0 unspecified atom stereocenters. The van der Waals surface area contributed by atoms with Gasteiger partial charge in [0.25, 0.3) is 0 Å². The summed E-state index contributed by atoms with van der Waals surface area (Å²) in [7, 11) is 0. The van der Waals surface area contributed by atoms with Crippen LogP contribution in [0.25, 0.3) is 6.08 Å². The number of hydrogen-bond donors (Lipinski definition) is 0. The molecule has 84 valence electrons. The first-order chi connectivity index (χ1) is 7.77. The number of rotatable bonds is 1. The molecule has 0 amide bonds. The fraction of sp³-hybridized carbons (Fsp3) is 0.357. The third-order valence-electron chi connectivity index (χ3n) is 2.35. The predicted molar refractivity (Wildman–Crippen MR) is 70.8 cm³/mol. The summed E-state index contributed by atoms with van der Waals surface area (Å²) in [5, 5.41) is 0. The number of Topliss-reactive ketones (excluding diaryl/α,β-unsaturated/α-hetero) is 1. The molecule has 0 atom stereocenters. The van der Waals surface area contributed by atoms with Gasteiger partial charge < -0.3 is 0 Å². The van der Waals surface area contributed by atoms with E-state index in [-0.39, 0.29) is 21.1 Å². The Bertz CT molecular complexity index is 354. The van der Waals surface area contributed by atoms with Gasteiger partial charge >= 0.3 is 31.0 Å². The zero-order valence-electron chi connectivity index (χ0n) is 9.99. The molecule has 0 N–H and O–H groups in total. The molecule has 1 aromatic rings. The predicted octanol–water partition coefficient (Wildman–Crippen LogP) is 3.61. The first kappa shape index (κ1) is 13.5. The second-order valence-electron chi connectivity index (χ2n) is 3.86. The Morgan fingerprint density at radius 3 is 2.25 bits per heavy atom. The van der Waals surface area contributed by atoms with E-state index in [1.54, 1.807) is 0 Å². The van der Waals surface area contributed by atoms with Crippen LogP contribution in [0.5, 0.6) is 0 Å². The molecule has 1 saturated carbocycles. The summed E-state index contributed by atoms with van der Waals surface area (Å²) >= 11 is 0.230. The van der Waals surface area contributed by atoms with Crippen LogP contribution >= 0.6 is 0 Å². The van der Waals surface area contributed by atoms with Crippen molar-refractivity contribution in [3.63, 3.8) is 0 Å². The van der Waals surface area contributed by atoms with Gasteiger partial charge in [0.1, 0.15) is 0 Å². The van der Waals surface area contributed by atoms with E-state index in [0.29, 0.717) is 5.78 Å². The molecule has 0 aliphatic heterocycles. The molecule has 2 heteroatoms. The minimum atomic E-state index is 0.230. The van der Waals surface area contributed by atoms with E-state index < -0.39 is 0 Å². The second-order valence-corrected chi connectivity index (χ2v) is 6.71. The van der Waals surface area contributed by atoms with Gasteiger partial charge in [-0.3, -0.25) is 4.79 Å².